The summed E-state index contributed by atoms with van der Waals surface area (Å²) < 4.78 is 18.1. The predicted molar refractivity (Wildman–Crippen MR) is 109 cm³/mol. The molecule has 1 amide bonds. The Bertz CT molecular complexity index is 1140. The van der Waals surface area contributed by atoms with Gasteiger partial charge in [0.05, 0.1) is 29.9 Å². The molecule has 0 fully saturated rings. The lowest BCUT2D eigenvalue weighted by molar-refractivity contribution is -0.119. The van der Waals surface area contributed by atoms with Crippen LogP contribution in [0.1, 0.15) is 28.2 Å². The molecule has 0 saturated heterocycles. The van der Waals surface area contributed by atoms with Gasteiger partial charge < -0.3 is 19.5 Å². The number of esters is 1. The Kier molecular flexibility index (Phi) is 5.26. The van der Waals surface area contributed by atoms with Crippen LogP contribution >= 0.6 is 0 Å². The number of ether oxygens (including phenoxy) is 3. The molecule has 30 heavy (non-hydrogen) atoms. The highest BCUT2D eigenvalue weighted by molar-refractivity contribution is 6.04. The van der Waals surface area contributed by atoms with Gasteiger partial charge in [0.2, 0.25) is 0 Å². The van der Waals surface area contributed by atoms with E-state index in [4.69, 9.17) is 14.2 Å². The molecule has 4 rings (SSSR count). The molecule has 9 nitrogen and oxygen atoms in total. The summed E-state index contributed by atoms with van der Waals surface area (Å²) >= 11 is 0. The first-order valence-electron chi connectivity index (χ1n) is 9.60. The minimum absolute atomic E-state index is 0.339. The second-order valence-electron chi connectivity index (χ2n) is 7.06. The van der Waals surface area contributed by atoms with E-state index in [1.807, 2.05) is 0 Å². The van der Waals surface area contributed by atoms with E-state index in [1.54, 1.807) is 49.8 Å². The number of carbonyl (C=O) groups excluding carboxylic acids is 2. The van der Waals surface area contributed by atoms with E-state index in [0.717, 1.165) is 6.42 Å². The first kappa shape index (κ1) is 19.7. The van der Waals surface area contributed by atoms with Gasteiger partial charge in [0.1, 0.15) is 0 Å². The third-order valence-corrected chi connectivity index (χ3v) is 4.68. The third-order valence-electron chi connectivity index (χ3n) is 4.68. The lowest BCUT2D eigenvalue weighted by Crippen LogP contribution is -2.21. The molecular weight excluding hydrogens is 388 g/mol. The maximum atomic E-state index is 12.7. The van der Waals surface area contributed by atoms with Crippen molar-refractivity contribution in [3.8, 4) is 11.5 Å². The van der Waals surface area contributed by atoms with E-state index in [9.17, 15) is 9.59 Å². The Morgan fingerprint density at radius 2 is 1.93 bits per heavy atom. The average molecular weight is 410 g/mol. The molecule has 2 aromatic heterocycles. The zero-order valence-electron chi connectivity index (χ0n) is 17.0. The summed E-state index contributed by atoms with van der Waals surface area (Å²) in [6.45, 7) is 4.31. The maximum Gasteiger partial charge on any atom is 0.339 e. The first-order valence-corrected chi connectivity index (χ1v) is 9.60. The van der Waals surface area contributed by atoms with Crippen molar-refractivity contribution in [2.45, 2.75) is 20.3 Å². The lowest BCUT2D eigenvalue weighted by atomic mass is 10.1. The zero-order chi connectivity index (χ0) is 21.3. The molecule has 0 saturated carbocycles. The fourth-order valence-corrected chi connectivity index (χ4v) is 3.38. The molecule has 1 aromatic carbocycles. The monoisotopic (exact) mass is 410 g/mol. The van der Waals surface area contributed by atoms with Crippen molar-refractivity contribution < 1.29 is 23.8 Å². The Morgan fingerprint density at radius 3 is 2.73 bits per heavy atom. The number of carbonyl (C=O) groups is 2. The SMILES string of the molecule is Cc1cc(C(=O)OCC(=O)Nc2ccc3c(c2)OCCCO3)c2c(C)nn(C)c2n1. The molecule has 3 heterocycles. The van der Waals surface area contributed by atoms with Crippen LogP contribution in [0.15, 0.2) is 24.3 Å². The normalized spacial score (nSPS) is 13.0. The number of aryl methyl sites for hydroxylation is 3. The van der Waals surface area contributed by atoms with Gasteiger partial charge in [-0.1, -0.05) is 0 Å². The van der Waals surface area contributed by atoms with E-state index in [1.165, 1.54) is 0 Å². The number of amides is 1. The van der Waals surface area contributed by atoms with Crippen molar-refractivity contribution in [1.29, 1.82) is 0 Å². The van der Waals surface area contributed by atoms with Gasteiger partial charge in [0.25, 0.3) is 5.91 Å². The summed E-state index contributed by atoms with van der Waals surface area (Å²) in [5, 5.41) is 7.64. The quantitative estimate of drug-likeness (QED) is 0.659. The van der Waals surface area contributed by atoms with Crippen LogP contribution < -0.4 is 14.8 Å². The summed E-state index contributed by atoms with van der Waals surface area (Å²) in [5.41, 5.74) is 2.80. The highest BCUT2D eigenvalue weighted by Gasteiger charge is 2.20. The largest absolute Gasteiger partial charge is 0.490 e. The second kappa shape index (κ2) is 8.02. The highest BCUT2D eigenvalue weighted by atomic mass is 16.5. The number of benzene rings is 1. The molecule has 9 heteroatoms. The van der Waals surface area contributed by atoms with Crippen LogP contribution in [0.2, 0.25) is 0 Å². The van der Waals surface area contributed by atoms with Crippen molar-refractivity contribution in [3.63, 3.8) is 0 Å². The summed E-state index contributed by atoms with van der Waals surface area (Å²) in [5.74, 6) is 0.156. The molecule has 1 aliphatic heterocycles. The third kappa shape index (κ3) is 3.91. The molecule has 1 aliphatic rings. The van der Waals surface area contributed by atoms with E-state index in [0.29, 0.717) is 58.4 Å². The molecule has 0 atom stereocenters. The van der Waals surface area contributed by atoms with Crippen molar-refractivity contribution in [1.82, 2.24) is 14.8 Å². The number of nitrogens with one attached hydrogen (secondary N) is 1. The number of anilines is 1. The van der Waals surface area contributed by atoms with Crippen LogP contribution in [0.25, 0.3) is 11.0 Å². The Morgan fingerprint density at radius 1 is 1.17 bits per heavy atom. The summed E-state index contributed by atoms with van der Waals surface area (Å²) in [6.07, 6.45) is 0.796. The van der Waals surface area contributed by atoms with Gasteiger partial charge in [0.15, 0.2) is 23.8 Å². The van der Waals surface area contributed by atoms with Gasteiger partial charge in [-0.25, -0.2) is 9.78 Å². The van der Waals surface area contributed by atoms with E-state index < -0.39 is 18.5 Å². The number of nitrogens with zero attached hydrogens (tertiary/aromatic N) is 3. The molecule has 3 aromatic rings. The van der Waals surface area contributed by atoms with Gasteiger partial charge >= 0.3 is 5.97 Å². The standard InChI is InChI=1S/C21H22N4O5/c1-12-9-15(19-13(2)24-25(3)20(19)22-12)21(27)30-11-18(26)23-14-5-6-16-17(10-14)29-8-4-7-28-16/h5-6,9-10H,4,7-8,11H2,1-3H3,(H,23,26). The topological polar surface area (TPSA) is 105 Å². The van der Waals surface area contributed by atoms with Gasteiger partial charge in [-0.3, -0.25) is 9.48 Å². The lowest BCUT2D eigenvalue weighted by Gasteiger charge is -2.11. The van der Waals surface area contributed by atoms with Crippen LogP contribution in [0.4, 0.5) is 5.69 Å². The number of hydrogen-bond acceptors (Lipinski definition) is 7. The number of pyridine rings is 1. The smallest absolute Gasteiger partial charge is 0.339 e. The van der Waals surface area contributed by atoms with Crippen LogP contribution in [-0.4, -0.2) is 46.5 Å². The fourth-order valence-electron chi connectivity index (χ4n) is 3.38. The molecule has 0 spiro atoms. The second-order valence-corrected chi connectivity index (χ2v) is 7.06. The van der Waals surface area contributed by atoms with E-state index >= 15 is 0 Å². The van der Waals surface area contributed by atoms with E-state index in [-0.39, 0.29) is 0 Å². The number of rotatable bonds is 4. The van der Waals surface area contributed by atoms with Crippen molar-refractivity contribution in [2.75, 3.05) is 25.1 Å². The summed E-state index contributed by atoms with van der Waals surface area (Å²) in [4.78, 5) is 29.4. The molecule has 156 valence electrons. The van der Waals surface area contributed by atoms with Crippen molar-refractivity contribution >= 4 is 28.6 Å². The maximum absolute atomic E-state index is 12.7. The molecule has 0 bridgehead atoms. The Hall–Kier alpha value is -3.62. The van der Waals surface area contributed by atoms with Crippen LogP contribution in [0.5, 0.6) is 11.5 Å². The van der Waals surface area contributed by atoms with Crippen LogP contribution in [-0.2, 0) is 16.6 Å². The van der Waals surface area contributed by atoms with Gasteiger partial charge in [-0.05, 0) is 32.0 Å². The van der Waals surface area contributed by atoms with Crippen LogP contribution in [0.3, 0.4) is 0 Å². The molecule has 0 unspecified atom stereocenters. The minimum atomic E-state index is -0.601. The molecule has 0 aliphatic carbocycles. The minimum Gasteiger partial charge on any atom is -0.490 e. The first-order chi connectivity index (χ1) is 14.4. The number of aromatic nitrogens is 3. The summed E-state index contributed by atoms with van der Waals surface area (Å²) in [7, 11) is 1.76. The Balaban J connectivity index is 1.44. The molecule has 0 radical (unpaired) electrons. The summed E-state index contributed by atoms with van der Waals surface area (Å²) in [6, 6.07) is 6.78. The number of fused-ring (bicyclic) bond motifs is 2. The zero-order valence-corrected chi connectivity index (χ0v) is 17.0. The van der Waals surface area contributed by atoms with Crippen LogP contribution in [0, 0.1) is 13.8 Å². The van der Waals surface area contributed by atoms with Gasteiger partial charge in [-0.15, -0.1) is 0 Å². The molecular formula is C21H22N4O5. The Labute approximate surface area is 172 Å². The number of hydrogen-bond donors (Lipinski definition) is 1. The fraction of sp³-hybridized carbons (Fsp3) is 0.333. The van der Waals surface area contributed by atoms with Gasteiger partial charge in [-0.2, -0.15) is 5.10 Å². The van der Waals surface area contributed by atoms with Crippen molar-refractivity contribution in [2.24, 2.45) is 7.05 Å². The van der Waals surface area contributed by atoms with E-state index in [2.05, 4.69) is 15.4 Å². The van der Waals surface area contributed by atoms with Gasteiger partial charge in [0, 0.05) is 30.9 Å². The highest BCUT2D eigenvalue weighted by Crippen LogP contribution is 2.32. The van der Waals surface area contributed by atoms with Crippen molar-refractivity contribution in [3.05, 3.63) is 41.2 Å². The predicted octanol–water partition coefficient (Wildman–Crippen LogP) is 2.54. The average Bonchev–Trinajstić information content (AvgIpc) is 2.88. The molecule has 1 N–H and O–H groups in total.